The topological polar surface area (TPSA) is 119 Å². The number of esters is 1. The first-order valence-electron chi connectivity index (χ1n) is 9.02. The van der Waals surface area contributed by atoms with Gasteiger partial charge in [0.25, 0.3) is 11.6 Å². The van der Waals surface area contributed by atoms with Crippen molar-refractivity contribution in [3.05, 3.63) is 74.2 Å². The van der Waals surface area contributed by atoms with Crippen molar-refractivity contribution >= 4 is 35.2 Å². The smallest absolute Gasteiger partial charge is 0.334 e. The maximum Gasteiger partial charge on any atom is 0.334 e. The number of allylic oxidation sites excluding steroid dienone is 1. The van der Waals surface area contributed by atoms with E-state index < -0.39 is 16.9 Å². The van der Waals surface area contributed by atoms with E-state index in [1.807, 2.05) is 6.08 Å². The Morgan fingerprint density at radius 2 is 2.03 bits per heavy atom. The Bertz CT molecular complexity index is 983. The zero-order chi connectivity index (χ0) is 21.8. The molecule has 0 aliphatic carbocycles. The molecule has 0 spiro atoms. The average molecular weight is 429 g/mol. The van der Waals surface area contributed by atoms with Crippen molar-refractivity contribution < 1.29 is 24.0 Å². The van der Waals surface area contributed by atoms with Crippen LogP contribution in [-0.2, 0) is 25.7 Å². The molecule has 156 valence electrons. The maximum atomic E-state index is 12.8. The average Bonchev–Trinajstić information content (AvgIpc) is 3.04. The molecule has 1 aromatic carbocycles. The van der Waals surface area contributed by atoms with Gasteiger partial charge in [-0.1, -0.05) is 17.8 Å². The number of nitrogens with zero attached hydrogens (tertiary/aromatic N) is 2. The lowest BCUT2D eigenvalue weighted by atomic mass is 9.96. The van der Waals surface area contributed by atoms with Crippen LogP contribution in [-0.4, -0.2) is 39.7 Å². The van der Waals surface area contributed by atoms with Crippen LogP contribution in [0, 0.1) is 10.1 Å². The summed E-state index contributed by atoms with van der Waals surface area (Å²) in [6.07, 6.45) is 5.01. The number of fused-ring (bicyclic) bond motifs is 1. The summed E-state index contributed by atoms with van der Waals surface area (Å²) in [6, 6.07) is 4.53. The Labute approximate surface area is 176 Å². The molecule has 2 aliphatic rings. The van der Waals surface area contributed by atoms with Crippen LogP contribution in [0.15, 0.2) is 58.5 Å². The molecular formula is C20H19N3O6S. The van der Waals surface area contributed by atoms with Crippen molar-refractivity contribution in [2.45, 2.75) is 32.5 Å². The number of nitrogens with one attached hydrogen (secondary N) is 1. The zero-order valence-electron chi connectivity index (χ0n) is 16.2. The van der Waals surface area contributed by atoms with Gasteiger partial charge in [-0.05, 0) is 36.1 Å². The highest BCUT2D eigenvalue weighted by molar-refractivity contribution is 8.05. The largest absolute Gasteiger partial charge is 0.459 e. The Hall–Kier alpha value is -3.40. The number of rotatable bonds is 7. The Morgan fingerprint density at radius 3 is 2.63 bits per heavy atom. The van der Waals surface area contributed by atoms with Gasteiger partial charge in [-0.15, -0.1) is 0 Å². The highest BCUT2D eigenvalue weighted by atomic mass is 32.2. The van der Waals surface area contributed by atoms with E-state index in [0.717, 1.165) is 0 Å². The van der Waals surface area contributed by atoms with Gasteiger partial charge in [0.15, 0.2) is 6.04 Å². The minimum atomic E-state index is -0.878. The minimum Gasteiger partial charge on any atom is -0.459 e. The van der Waals surface area contributed by atoms with Gasteiger partial charge in [-0.25, -0.2) is 4.79 Å². The van der Waals surface area contributed by atoms with Gasteiger partial charge in [-0.3, -0.25) is 19.7 Å². The summed E-state index contributed by atoms with van der Waals surface area (Å²) in [6.45, 7) is 3.07. The number of ether oxygens (including phenoxy) is 1. The van der Waals surface area contributed by atoms with Crippen molar-refractivity contribution in [1.29, 1.82) is 0 Å². The van der Waals surface area contributed by atoms with Crippen molar-refractivity contribution in [2.75, 3.05) is 0 Å². The quantitative estimate of drug-likeness (QED) is 0.232. The normalized spacial score (nSPS) is 21.3. The van der Waals surface area contributed by atoms with Crippen LogP contribution in [0.3, 0.4) is 0 Å². The minimum absolute atomic E-state index is 0.0543. The lowest BCUT2D eigenvalue weighted by molar-refractivity contribution is -0.384. The third-order valence-corrected chi connectivity index (χ3v) is 5.49. The second-order valence-corrected chi connectivity index (χ2v) is 7.50. The Morgan fingerprint density at radius 1 is 1.33 bits per heavy atom. The number of nitro benzene ring substituents is 1. The van der Waals surface area contributed by atoms with Crippen molar-refractivity contribution in [2.24, 2.45) is 0 Å². The fourth-order valence-electron chi connectivity index (χ4n) is 3.16. The van der Waals surface area contributed by atoms with E-state index in [4.69, 9.17) is 4.74 Å². The number of amides is 2. The summed E-state index contributed by atoms with van der Waals surface area (Å²) >= 11 is 1.22. The van der Waals surface area contributed by atoms with Crippen LogP contribution >= 0.6 is 11.8 Å². The van der Waals surface area contributed by atoms with Crippen LogP contribution in [0.5, 0.6) is 0 Å². The number of nitro groups is 1. The number of non-ortho nitro benzene ring substituents is 1. The maximum absolute atomic E-state index is 12.8. The first kappa shape index (κ1) is 21.3. The second kappa shape index (κ2) is 8.95. The van der Waals surface area contributed by atoms with Crippen molar-refractivity contribution in [1.82, 2.24) is 10.2 Å². The molecular weight excluding hydrogens is 410 g/mol. The molecule has 3 rings (SSSR count). The van der Waals surface area contributed by atoms with E-state index in [2.05, 4.69) is 5.32 Å². The molecule has 10 heteroatoms. The van der Waals surface area contributed by atoms with Gasteiger partial charge in [0, 0.05) is 35.7 Å². The van der Waals surface area contributed by atoms with Gasteiger partial charge in [-0.2, -0.15) is 0 Å². The molecule has 0 bridgehead atoms. The second-order valence-electron chi connectivity index (χ2n) is 6.53. The monoisotopic (exact) mass is 429 g/mol. The van der Waals surface area contributed by atoms with Gasteiger partial charge >= 0.3 is 5.97 Å². The molecule has 0 radical (unpaired) electrons. The summed E-state index contributed by atoms with van der Waals surface area (Å²) < 4.78 is 5.39. The molecule has 1 fully saturated rings. The van der Waals surface area contributed by atoms with E-state index in [1.54, 1.807) is 18.4 Å². The third kappa shape index (κ3) is 4.28. The van der Waals surface area contributed by atoms with Crippen LogP contribution < -0.4 is 5.32 Å². The van der Waals surface area contributed by atoms with E-state index >= 15 is 0 Å². The molecule has 9 nitrogen and oxygen atoms in total. The number of carbonyl (C=O) groups is 3. The van der Waals surface area contributed by atoms with E-state index in [1.165, 1.54) is 54.1 Å². The van der Waals surface area contributed by atoms with Crippen LogP contribution in [0.25, 0.3) is 0 Å². The van der Waals surface area contributed by atoms with E-state index in [-0.39, 0.29) is 30.2 Å². The lowest BCUT2D eigenvalue weighted by Crippen LogP contribution is -2.57. The molecule has 0 saturated carbocycles. The number of thioether (sulfide) groups is 1. The predicted octanol–water partition coefficient (Wildman–Crippen LogP) is 2.40. The highest BCUT2D eigenvalue weighted by Gasteiger charge is 2.53. The molecule has 1 saturated heterocycles. The zero-order valence-corrected chi connectivity index (χ0v) is 17.0. The Kier molecular flexibility index (Phi) is 6.36. The van der Waals surface area contributed by atoms with Gasteiger partial charge < -0.3 is 15.0 Å². The molecule has 30 heavy (non-hydrogen) atoms. The molecule has 0 unspecified atom stereocenters. The number of carbonyl (C=O) groups excluding carboxylic acids is 3. The van der Waals surface area contributed by atoms with Crippen LogP contribution in [0.4, 0.5) is 5.69 Å². The molecule has 2 aliphatic heterocycles. The highest BCUT2D eigenvalue weighted by Crippen LogP contribution is 2.42. The standard InChI is InChI=1S/C20H19N3O6S/c1-3-15-16-10-17(30-9-8-21-12(2)24)18(22(16)19(15)25)20(26)29-11-13-4-6-14(7-5-13)23(27)28/h3-10,16,18H,11H2,1-2H3,(H,21,24)/b9-8+,15-3+/t16-,18-/m1/s1. The number of hydrogen-bond acceptors (Lipinski definition) is 7. The lowest BCUT2D eigenvalue weighted by Gasteiger charge is -2.40. The molecule has 2 heterocycles. The van der Waals surface area contributed by atoms with Crippen LogP contribution in [0.1, 0.15) is 19.4 Å². The van der Waals surface area contributed by atoms with Gasteiger partial charge in [0.05, 0.1) is 11.0 Å². The summed E-state index contributed by atoms with van der Waals surface area (Å²) in [5.74, 6) is -1.04. The number of hydrogen-bond donors (Lipinski definition) is 1. The summed E-state index contributed by atoms with van der Waals surface area (Å²) in [5.41, 5.74) is 1.15. The van der Waals surface area contributed by atoms with Crippen molar-refractivity contribution in [3.63, 3.8) is 0 Å². The number of β-lactam (4-membered cyclic amide) rings is 1. The molecule has 2 atom stereocenters. The Balaban J connectivity index is 1.70. The van der Waals surface area contributed by atoms with Gasteiger partial charge in [0.2, 0.25) is 5.91 Å². The van der Waals surface area contributed by atoms with Crippen LogP contribution in [0.2, 0.25) is 0 Å². The van der Waals surface area contributed by atoms with Crippen molar-refractivity contribution in [3.8, 4) is 0 Å². The molecule has 1 N–H and O–H groups in total. The van der Waals surface area contributed by atoms with E-state index in [9.17, 15) is 24.5 Å². The predicted molar refractivity (Wildman–Crippen MR) is 110 cm³/mol. The SMILES string of the molecule is C/C=C1/C(=O)N2[C@@H](C(=O)OCc3ccc([N+](=O)[O-])cc3)C(S/C=C/NC(C)=O)=C[C@H]12. The summed E-state index contributed by atoms with van der Waals surface area (Å²) in [5, 5.41) is 14.9. The first-order valence-corrected chi connectivity index (χ1v) is 9.90. The fraction of sp³-hybridized carbons (Fsp3) is 0.250. The molecule has 2 amide bonds. The van der Waals surface area contributed by atoms with E-state index in [0.29, 0.717) is 16.0 Å². The molecule has 1 aromatic rings. The number of benzene rings is 1. The fourth-order valence-corrected chi connectivity index (χ4v) is 4.00. The summed E-state index contributed by atoms with van der Waals surface area (Å²) in [7, 11) is 0. The van der Waals surface area contributed by atoms with Gasteiger partial charge in [0.1, 0.15) is 6.61 Å². The first-order chi connectivity index (χ1) is 14.3. The molecule has 0 aromatic heterocycles. The summed E-state index contributed by atoms with van der Waals surface area (Å²) in [4.78, 5) is 48.5. The third-order valence-electron chi connectivity index (χ3n) is 4.59.